The standard InChI is InChI=1S/C13H21BrN4O2/c1-9-12(14)11(16(3)15-9)8-17-4-6-18(7-5-17)10(2)13(19)20/h10H,4-8H2,1-3H3,(H,19,20). The number of carbonyl (C=O) groups is 1. The number of carboxylic acid groups (broad SMARTS) is 1. The maximum absolute atomic E-state index is 11.0. The van der Waals surface area contributed by atoms with Crippen molar-refractivity contribution in [1.82, 2.24) is 19.6 Å². The van der Waals surface area contributed by atoms with Gasteiger partial charge in [0.15, 0.2) is 0 Å². The molecule has 20 heavy (non-hydrogen) atoms. The first-order valence-electron chi connectivity index (χ1n) is 6.77. The number of piperazine rings is 1. The summed E-state index contributed by atoms with van der Waals surface area (Å²) in [6.45, 7) is 7.93. The highest BCUT2D eigenvalue weighted by molar-refractivity contribution is 9.10. The van der Waals surface area contributed by atoms with Gasteiger partial charge in [-0.15, -0.1) is 0 Å². The monoisotopic (exact) mass is 344 g/mol. The molecule has 7 heteroatoms. The number of hydrogen-bond acceptors (Lipinski definition) is 4. The molecule has 6 nitrogen and oxygen atoms in total. The van der Waals surface area contributed by atoms with Crippen LogP contribution >= 0.6 is 15.9 Å². The smallest absolute Gasteiger partial charge is 0.320 e. The summed E-state index contributed by atoms with van der Waals surface area (Å²) < 4.78 is 2.98. The summed E-state index contributed by atoms with van der Waals surface area (Å²) in [7, 11) is 1.95. The van der Waals surface area contributed by atoms with Gasteiger partial charge in [0.1, 0.15) is 6.04 Å². The average molecular weight is 345 g/mol. The lowest BCUT2D eigenvalue weighted by atomic mass is 10.2. The van der Waals surface area contributed by atoms with Crippen molar-refractivity contribution in [3.05, 3.63) is 15.9 Å². The molecule has 1 atom stereocenters. The van der Waals surface area contributed by atoms with E-state index in [0.29, 0.717) is 0 Å². The highest BCUT2D eigenvalue weighted by atomic mass is 79.9. The molecule has 112 valence electrons. The highest BCUT2D eigenvalue weighted by Gasteiger charge is 2.26. The van der Waals surface area contributed by atoms with Crippen LogP contribution in [-0.2, 0) is 18.4 Å². The third kappa shape index (κ3) is 3.21. The quantitative estimate of drug-likeness (QED) is 0.885. The van der Waals surface area contributed by atoms with Gasteiger partial charge in [-0.05, 0) is 29.8 Å². The lowest BCUT2D eigenvalue weighted by molar-refractivity contribution is -0.143. The molecule has 1 aromatic heterocycles. The molecule has 1 N–H and O–H groups in total. The van der Waals surface area contributed by atoms with Crippen LogP contribution in [0, 0.1) is 6.92 Å². The van der Waals surface area contributed by atoms with E-state index in [1.54, 1.807) is 6.92 Å². The SMILES string of the molecule is Cc1nn(C)c(CN2CCN(C(C)C(=O)O)CC2)c1Br. The molecule has 1 saturated heterocycles. The fraction of sp³-hybridized carbons (Fsp3) is 0.692. The van der Waals surface area contributed by atoms with Crippen LogP contribution in [0.2, 0.25) is 0 Å². The zero-order valence-electron chi connectivity index (χ0n) is 12.1. The highest BCUT2D eigenvalue weighted by Crippen LogP contribution is 2.22. The van der Waals surface area contributed by atoms with E-state index in [9.17, 15) is 4.79 Å². The molecule has 1 unspecified atom stereocenters. The minimum Gasteiger partial charge on any atom is -0.480 e. The molecule has 1 aromatic rings. The second-order valence-corrected chi connectivity index (χ2v) is 6.09. The molecule has 0 radical (unpaired) electrons. The molecule has 2 rings (SSSR count). The summed E-state index contributed by atoms with van der Waals surface area (Å²) in [4.78, 5) is 15.3. The summed E-state index contributed by atoms with van der Waals surface area (Å²) in [5.41, 5.74) is 2.17. The molecule has 0 aromatic carbocycles. The van der Waals surface area contributed by atoms with Gasteiger partial charge in [-0.1, -0.05) is 0 Å². The van der Waals surface area contributed by atoms with Crippen molar-refractivity contribution in [2.75, 3.05) is 26.2 Å². The van der Waals surface area contributed by atoms with Gasteiger partial charge in [0, 0.05) is 39.8 Å². The van der Waals surface area contributed by atoms with Crippen LogP contribution in [0.5, 0.6) is 0 Å². The van der Waals surface area contributed by atoms with Crippen molar-refractivity contribution < 1.29 is 9.90 Å². The van der Waals surface area contributed by atoms with Crippen molar-refractivity contribution in [3.8, 4) is 0 Å². The predicted octanol–water partition coefficient (Wildman–Crippen LogP) is 1.08. The van der Waals surface area contributed by atoms with E-state index >= 15 is 0 Å². The molecular weight excluding hydrogens is 324 g/mol. The van der Waals surface area contributed by atoms with Crippen LogP contribution < -0.4 is 0 Å². The van der Waals surface area contributed by atoms with E-state index in [1.165, 1.54) is 5.69 Å². The van der Waals surface area contributed by atoms with Gasteiger partial charge in [0.25, 0.3) is 0 Å². The molecule has 1 fully saturated rings. The second-order valence-electron chi connectivity index (χ2n) is 5.30. The van der Waals surface area contributed by atoms with Crippen LogP contribution in [0.1, 0.15) is 18.3 Å². The van der Waals surface area contributed by atoms with Gasteiger partial charge < -0.3 is 5.11 Å². The molecule has 0 bridgehead atoms. The number of carboxylic acids is 1. The molecule has 1 aliphatic heterocycles. The number of aryl methyl sites for hydroxylation is 2. The van der Waals surface area contributed by atoms with E-state index in [4.69, 9.17) is 5.11 Å². The summed E-state index contributed by atoms with van der Waals surface area (Å²) in [6, 6.07) is -0.400. The van der Waals surface area contributed by atoms with Gasteiger partial charge in [0.05, 0.1) is 15.9 Å². The van der Waals surface area contributed by atoms with Crippen LogP contribution in [0.15, 0.2) is 4.47 Å². The van der Waals surface area contributed by atoms with Gasteiger partial charge in [-0.2, -0.15) is 5.10 Å². The van der Waals surface area contributed by atoms with E-state index in [0.717, 1.165) is 42.9 Å². The van der Waals surface area contributed by atoms with E-state index < -0.39 is 12.0 Å². The van der Waals surface area contributed by atoms with Gasteiger partial charge in [-0.25, -0.2) is 0 Å². The summed E-state index contributed by atoms with van der Waals surface area (Å²) in [5, 5.41) is 13.4. The van der Waals surface area contributed by atoms with E-state index in [-0.39, 0.29) is 0 Å². The van der Waals surface area contributed by atoms with Crippen molar-refractivity contribution in [2.24, 2.45) is 7.05 Å². The largest absolute Gasteiger partial charge is 0.480 e. The normalized spacial score (nSPS) is 19.2. The first-order chi connectivity index (χ1) is 9.40. The fourth-order valence-electron chi connectivity index (χ4n) is 2.53. The topological polar surface area (TPSA) is 61.6 Å². The number of aliphatic carboxylic acids is 1. The lowest BCUT2D eigenvalue weighted by Gasteiger charge is -2.36. The van der Waals surface area contributed by atoms with Crippen LogP contribution in [0.25, 0.3) is 0 Å². The summed E-state index contributed by atoms with van der Waals surface area (Å²) in [5.74, 6) is -0.747. The Hall–Kier alpha value is -0.920. The van der Waals surface area contributed by atoms with Crippen LogP contribution in [0.3, 0.4) is 0 Å². The Morgan fingerprint density at radius 1 is 1.40 bits per heavy atom. The van der Waals surface area contributed by atoms with Crippen molar-refractivity contribution in [3.63, 3.8) is 0 Å². The Morgan fingerprint density at radius 2 is 2.00 bits per heavy atom. The number of hydrogen-bond donors (Lipinski definition) is 1. The Labute approximate surface area is 127 Å². The van der Waals surface area contributed by atoms with Crippen LogP contribution in [0.4, 0.5) is 0 Å². The van der Waals surface area contributed by atoms with E-state index in [2.05, 4.69) is 25.9 Å². The van der Waals surface area contributed by atoms with Crippen molar-refractivity contribution in [1.29, 1.82) is 0 Å². The number of nitrogens with zero attached hydrogens (tertiary/aromatic N) is 4. The molecule has 0 saturated carbocycles. The van der Waals surface area contributed by atoms with Gasteiger partial charge in [0.2, 0.25) is 0 Å². The zero-order chi connectivity index (χ0) is 14.9. The molecule has 0 spiro atoms. The number of aromatic nitrogens is 2. The number of rotatable bonds is 4. The van der Waals surface area contributed by atoms with Crippen LogP contribution in [-0.4, -0.2) is 62.9 Å². The molecular formula is C13H21BrN4O2. The Bertz CT molecular complexity index is 495. The average Bonchev–Trinajstić information content (AvgIpc) is 2.65. The zero-order valence-corrected chi connectivity index (χ0v) is 13.7. The van der Waals surface area contributed by atoms with Crippen molar-refractivity contribution in [2.45, 2.75) is 26.4 Å². The van der Waals surface area contributed by atoms with E-state index in [1.807, 2.05) is 23.6 Å². The second kappa shape index (κ2) is 6.24. The first-order valence-corrected chi connectivity index (χ1v) is 7.56. The van der Waals surface area contributed by atoms with Crippen molar-refractivity contribution >= 4 is 21.9 Å². The first kappa shape index (κ1) is 15.5. The molecule has 0 aliphatic carbocycles. The lowest BCUT2D eigenvalue weighted by Crippen LogP contribution is -2.51. The molecule has 2 heterocycles. The van der Waals surface area contributed by atoms with Gasteiger partial charge >= 0.3 is 5.97 Å². The maximum atomic E-state index is 11.0. The predicted molar refractivity (Wildman–Crippen MR) is 79.6 cm³/mol. The Balaban J connectivity index is 1.93. The summed E-state index contributed by atoms with van der Waals surface area (Å²) >= 11 is 3.58. The Kier molecular flexibility index (Phi) is 4.82. The van der Waals surface area contributed by atoms with Gasteiger partial charge in [-0.3, -0.25) is 19.3 Å². The fourth-order valence-corrected chi connectivity index (χ4v) is 2.99. The molecule has 0 amide bonds. The molecule has 1 aliphatic rings. The maximum Gasteiger partial charge on any atom is 0.320 e. The number of halogens is 1. The minimum absolute atomic E-state index is 0.400. The minimum atomic E-state index is -0.747. The third-order valence-electron chi connectivity index (χ3n) is 3.95. The Morgan fingerprint density at radius 3 is 2.45 bits per heavy atom. The summed E-state index contributed by atoms with van der Waals surface area (Å²) in [6.07, 6.45) is 0. The third-order valence-corrected chi connectivity index (χ3v) is 4.98.